The summed E-state index contributed by atoms with van der Waals surface area (Å²) >= 11 is 0. The monoisotopic (exact) mass is 154 g/mol. The molecule has 1 aliphatic rings. The Kier molecular flexibility index (Phi) is 2.98. The molecule has 0 aromatic rings. The molecule has 1 rings (SSSR count). The molecule has 11 heavy (non-hydrogen) atoms. The highest BCUT2D eigenvalue weighted by Crippen LogP contribution is 2.34. The lowest BCUT2D eigenvalue weighted by Gasteiger charge is -2.28. The van der Waals surface area contributed by atoms with Gasteiger partial charge >= 0.3 is 0 Å². The maximum absolute atomic E-state index is 2.42. The summed E-state index contributed by atoms with van der Waals surface area (Å²) in [5.74, 6) is 0.992. The molecule has 0 aromatic carbocycles. The number of hydrogen-bond donors (Lipinski definition) is 0. The number of hydrogen-bond acceptors (Lipinski definition) is 0. The van der Waals surface area contributed by atoms with Crippen LogP contribution in [0.2, 0.25) is 0 Å². The fraction of sp³-hybridized carbons (Fsp3) is 1.00. The lowest BCUT2D eigenvalue weighted by Crippen LogP contribution is -2.14. The highest BCUT2D eigenvalue weighted by atomic mass is 14.3. The topological polar surface area (TPSA) is 0 Å². The molecule has 0 amide bonds. The van der Waals surface area contributed by atoms with E-state index in [2.05, 4.69) is 20.8 Å². The summed E-state index contributed by atoms with van der Waals surface area (Å²) in [5.41, 5.74) is 0.639. The van der Waals surface area contributed by atoms with Gasteiger partial charge in [-0.25, -0.2) is 0 Å². The minimum Gasteiger partial charge on any atom is -0.0625 e. The minimum atomic E-state index is 0.639. The summed E-state index contributed by atoms with van der Waals surface area (Å²) in [4.78, 5) is 0. The van der Waals surface area contributed by atoms with Crippen molar-refractivity contribution in [2.45, 2.75) is 59.3 Å². The van der Waals surface area contributed by atoms with E-state index >= 15 is 0 Å². The van der Waals surface area contributed by atoms with Crippen LogP contribution < -0.4 is 0 Å². The first kappa shape index (κ1) is 9.09. The van der Waals surface area contributed by atoms with Gasteiger partial charge in [-0.15, -0.1) is 0 Å². The van der Waals surface area contributed by atoms with Gasteiger partial charge in [0.2, 0.25) is 0 Å². The van der Waals surface area contributed by atoms with E-state index in [1.807, 2.05) is 0 Å². The van der Waals surface area contributed by atoms with Crippen molar-refractivity contribution < 1.29 is 0 Å². The standard InChI is InChI=1S/C11H22/c1-10-6-4-8-11(2,3)9-5-7-10/h10H,4-9H2,1-3H3. The Bertz CT molecular complexity index is 101. The van der Waals surface area contributed by atoms with Gasteiger partial charge in [-0.05, 0) is 24.2 Å². The third-order valence-corrected chi connectivity index (χ3v) is 3.10. The zero-order valence-electron chi connectivity index (χ0n) is 8.32. The van der Waals surface area contributed by atoms with E-state index in [1.165, 1.54) is 38.5 Å². The fourth-order valence-corrected chi connectivity index (χ4v) is 2.13. The van der Waals surface area contributed by atoms with E-state index in [9.17, 15) is 0 Å². The largest absolute Gasteiger partial charge is 0.0625 e. The molecule has 0 heteroatoms. The van der Waals surface area contributed by atoms with Crippen LogP contribution in [0.25, 0.3) is 0 Å². The van der Waals surface area contributed by atoms with Crippen LogP contribution in [-0.2, 0) is 0 Å². The van der Waals surface area contributed by atoms with E-state index in [1.54, 1.807) is 0 Å². The minimum absolute atomic E-state index is 0.639. The first-order valence-electron chi connectivity index (χ1n) is 5.10. The number of rotatable bonds is 0. The summed E-state index contributed by atoms with van der Waals surface area (Å²) in [7, 11) is 0. The Hall–Kier alpha value is 0. The fourth-order valence-electron chi connectivity index (χ4n) is 2.13. The first-order valence-corrected chi connectivity index (χ1v) is 5.10. The van der Waals surface area contributed by atoms with Gasteiger partial charge < -0.3 is 0 Å². The Morgan fingerprint density at radius 1 is 1.00 bits per heavy atom. The molecule has 0 saturated heterocycles. The lowest BCUT2D eigenvalue weighted by molar-refractivity contribution is 0.243. The van der Waals surface area contributed by atoms with Crippen molar-refractivity contribution in [1.82, 2.24) is 0 Å². The van der Waals surface area contributed by atoms with E-state index in [-0.39, 0.29) is 0 Å². The molecular weight excluding hydrogens is 132 g/mol. The van der Waals surface area contributed by atoms with Crippen molar-refractivity contribution >= 4 is 0 Å². The second-order valence-corrected chi connectivity index (χ2v) is 5.05. The van der Waals surface area contributed by atoms with Crippen molar-refractivity contribution in [1.29, 1.82) is 0 Å². The Morgan fingerprint density at radius 2 is 1.45 bits per heavy atom. The predicted octanol–water partition coefficient (Wildman–Crippen LogP) is 4.00. The van der Waals surface area contributed by atoms with E-state index in [0.717, 1.165) is 5.92 Å². The molecule has 0 nitrogen and oxygen atoms in total. The average molecular weight is 154 g/mol. The molecule has 66 valence electrons. The highest BCUT2D eigenvalue weighted by molar-refractivity contribution is 4.72. The average Bonchev–Trinajstić information content (AvgIpc) is 1.83. The van der Waals surface area contributed by atoms with E-state index < -0.39 is 0 Å². The molecule has 0 spiro atoms. The van der Waals surface area contributed by atoms with Gasteiger partial charge in [0, 0.05) is 0 Å². The third kappa shape index (κ3) is 3.27. The maximum atomic E-state index is 2.42. The van der Waals surface area contributed by atoms with Crippen molar-refractivity contribution in [3.63, 3.8) is 0 Å². The van der Waals surface area contributed by atoms with Crippen LogP contribution in [0.5, 0.6) is 0 Å². The molecule has 0 atom stereocenters. The molecule has 1 fully saturated rings. The maximum Gasteiger partial charge on any atom is -0.0354 e. The zero-order chi connectivity index (χ0) is 8.32. The van der Waals surface area contributed by atoms with Crippen LogP contribution >= 0.6 is 0 Å². The first-order chi connectivity index (χ1) is 5.10. The Morgan fingerprint density at radius 3 is 1.91 bits per heavy atom. The van der Waals surface area contributed by atoms with Crippen LogP contribution in [0.15, 0.2) is 0 Å². The summed E-state index contributed by atoms with van der Waals surface area (Å²) in [6.07, 6.45) is 8.71. The van der Waals surface area contributed by atoms with Gasteiger partial charge in [0.15, 0.2) is 0 Å². The third-order valence-electron chi connectivity index (χ3n) is 3.10. The molecule has 0 unspecified atom stereocenters. The highest BCUT2D eigenvalue weighted by Gasteiger charge is 2.20. The van der Waals surface area contributed by atoms with Gasteiger partial charge in [0.25, 0.3) is 0 Å². The second-order valence-electron chi connectivity index (χ2n) is 5.05. The molecule has 0 heterocycles. The van der Waals surface area contributed by atoms with Crippen molar-refractivity contribution in [3.8, 4) is 0 Å². The lowest BCUT2D eigenvalue weighted by atomic mass is 9.78. The molecule has 0 radical (unpaired) electrons. The van der Waals surface area contributed by atoms with Gasteiger partial charge in [-0.2, -0.15) is 0 Å². The van der Waals surface area contributed by atoms with Gasteiger partial charge in [-0.3, -0.25) is 0 Å². The summed E-state index contributed by atoms with van der Waals surface area (Å²) in [5, 5.41) is 0. The molecule has 0 aromatic heterocycles. The van der Waals surface area contributed by atoms with Crippen LogP contribution in [0.3, 0.4) is 0 Å². The SMILES string of the molecule is CC1CCCC(C)(C)CCC1. The Labute approximate surface area is 71.4 Å². The summed E-state index contributed by atoms with van der Waals surface area (Å²) < 4.78 is 0. The summed E-state index contributed by atoms with van der Waals surface area (Å²) in [6.45, 7) is 7.24. The Balaban J connectivity index is 2.35. The van der Waals surface area contributed by atoms with Crippen LogP contribution in [0, 0.1) is 11.3 Å². The predicted molar refractivity (Wildman–Crippen MR) is 50.6 cm³/mol. The van der Waals surface area contributed by atoms with Crippen molar-refractivity contribution in [3.05, 3.63) is 0 Å². The molecule has 0 bridgehead atoms. The molecular formula is C11H22. The van der Waals surface area contributed by atoms with E-state index in [0.29, 0.717) is 5.41 Å². The van der Waals surface area contributed by atoms with Crippen molar-refractivity contribution in [2.24, 2.45) is 11.3 Å². The normalized spacial score (nSPS) is 27.5. The van der Waals surface area contributed by atoms with E-state index in [4.69, 9.17) is 0 Å². The summed E-state index contributed by atoms with van der Waals surface area (Å²) in [6, 6.07) is 0. The smallest absolute Gasteiger partial charge is 0.0354 e. The van der Waals surface area contributed by atoms with Crippen LogP contribution in [0.4, 0.5) is 0 Å². The molecule has 1 saturated carbocycles. The van der Waals surface area contributed by atoms with Crippen LogP contribution in [-0.4, -0.2) is 0 Å². The quantitative estimate of drug-likeness (QED) is 0.494. The molecule has 1 aliphatic carbocycles. The molecule has 0 aliphatic heterocycles. The van der Waals surface area contributed by atoms with Gasteiger partial charge in [-0.1, -0.05) is 46.5 Å². The zero-order valence-corrected chi connectivity index (χ0v) is 8.32. The van der Waals surface area contributed by atoms with Crippen molar-refractivity contribution in [2.75, 3.05) is 0 Å². The van der Waals surface area contributed by atoms with Crippen LogP contribution in [0.1, 0.15) is 59.3 Å². The second kappa shape index (κ2) is 3.60. The van der Waals surface area contributed by atoms with Gasteiger partial charge in [0.05, 0.1) is 0 Å². The molecule has 0 N–H and O–H groups in total. The van der Waals surface area contributed by atoms with Gasteiger partial charge in [0.1, 0.15) is 0 Å².